The highest BCUT2D eigenvalue weighted by Crippen LogP contribution is 2.29. The van der Waals surface area contributed by atoms with Crippen molar-refractivity contribution in [2.24, 2.45) is 5.92 Å². The van der Waals surface area contributed by atoms with Gasteiger partial charge in [-0.2, -0.15) is 8.78 Å². The minimum Gasteiger partial charge on any atom is -0.223 e. The summed E-state index contributed by atoms with van der Waals surface area (Å²) >= 11 is 0. The number of hydrogen-bond donors (Lipinski definition) is 0. The average molecular weight is 171 g/mol. The molecule has 0 aliphatic rings. The molecule has 0 aliphatic heterocycles. The summed E-state index contributed by atoms with van der Waals surface area (Å²) < 4.78 is 45.3. The third-order valence-electron chi connectivity index (χ3n) is 1.09. The van der Waals surface area contributed by atoms with Gasteiger partial charge < -0.3 is 0 Å². The second-order valence-electron chi connectivity index (χ2n) is 2.33. The molecule has 10 heavy (non-hydrogen) atoms. The molecule has 1 radical (unpaired) electrons. The van der Waals surface area contributed by atoms with Crippen LogP contribution in [0.4, 0.5) is 8.78 Å². The van der Waals surface area contributed by atoms with E-state index in [0.717, 1.165) is 13.8 Å². The van der Waals surface area contributed by atoms with Crippen molar-refractivity contribution in [1.29, 1.82) is 0 Å². The lowest BCUT2D eigenvalue weighted by atomic mass is 10.2. The van der Waals surface area contributed by atoms with Crippen LogP contribution in [0.5, 0.6) is 0 Å². The second-order valence-corrected chi connectivity index (χ2v) is 4.11. The standard InChI is InChI=1S/C5H9F2O2S/c1-4(2)5(6,7)10(3,8)9/h4H,3H2,1-2H3. The number of rotatable bonds is 2. The highest BCUT2D eigenvalue weighted by molar-refractivity contribution is 7.93. The van der Waals surface area contributed by atoms with Crippen molar-refractivity contribution in [1.82, 2.24) is 0 Å². The van der Waals surface area contributed by atoms with E-state index in [1.54, 1.807) is 0 Å². The third kappa shape index (κ3) is 1.65. The molecule has 0 N–H and O–H groups in total. The minimum atomic E-state index is -4.48. The van der Waals surface area contributed by atoms with Gasteiger partial charge in [0.2, 0.25) is 9.84 Å². The zero-order valence-corrected chi connectivity index (χ0v) is 6.58. The number of halogens is 2. The van der Waals surface area contributed by atoms with Crippen LogP contribution in [0.15, 0.2) is 0 Å². The summed E-state index contributed by atoms with van der Waals surface area (Å²) in [4.78, 5) is 0. The van der Waals surface area contributed by atoms with Crippen LogP contribution in [0.25, 0.3) is 0 Å². The molecular weight excluding hydrogens is 162 g/mol. The van der Waals surface area contributed by atoms with Gasteiger partial charge in [-0.15, -0.1) is 0 Å². The van der Waals surface area contributed by atoms with Crippen LogP contribution < -0.4 is 0 Å². The first-order valence-corrected chi connectivity index (χ1v) is 4.30. The van der Waals surface area contributed by atoms with E-state index in [4.69, 9.17) is 0 Å². The predicted octanol–water partition coefficient (Wildman–Crippen LogP) is 1.44. The van der Waals surface area contributed by atoms with E-state index in [-0.39, 0.29) is 0 Å². The van der Waals surface area contributed by atoms with E-state index in [0.29, 0.717) is 0 Å². The van der Waals surface area contributed by atoms with Crippen LogP contribution in [0.1, 0.15) is 13.8 Å². The topological polar surface area (TPSA) is 34.1 Å². The maximum atomic E-state index is 12.4. The number of sulfone groups is 1. The van der Waals surface area contributed by atoms with Crippen molar-refractivity contribution in [3.63, 3.8) is 0 Å². The summed E-state index contributed by atoms with van der Waals surface area (Å²) in [7, 11) is -4.48. The summed E-state index contributed by atoms with van der Waals surface area (Å²) in [5.41, 5.74) is 0. The van der Waals surface area contributed by atoms with Gasteiger partial charge in [-0.05, 0) is 0 Å². The van der Waals surface area contributed by atoms with Gasteiger partial charge in [0.15, 0.2) is 0 Å². The molecule has 61 valence electrons. The molecule has 0 aliphatic carbocycles. The van der Waals surface area contributed by atoms with Crippen LogP contribution in [0.3, 0.4) is 0 Å². The summed E-state index contributed by atoms with van der Waals surface area (Å²) in [6, 6.07) is 0. The molecular formula is C5H9F2O2S. The van der Waals surface area contributed by atoms with E-state index in [2.05, 4.69) is 6.26 Å². The Morgan fingerprint density at radius 2 is 1.70 bits per heavy atom. The molecule has 0 saturated carbocycles. The summed E-state index contributed by atoms with van der Waals surface area (Å²) in [5.74, 6) is -1.23. The van der Waals surface area contributed by atoms with Crippen LogP contribution >= 0.6 is 0 Å². The second kappa shape index (κ2) is 2.45. The van der Waals surface area contributed by atoms with Crippen molar-refractivity contribution in [2.75, 3.05) is 0 Å². The first-order chi connectivity index (χ1) is 4.19. The molecule has 0 unspecified atom stereocenters. The van der Waals surface area contributed by atoms with E-state index < -0.39 is 21.0 Å². The Kier molecular flexibility index (Phi) is 2.40. The number of alkyl halides is 2. The zero-order valence-electron chi connectivity index (χ0n) is 5.77. The van der Waals surface area contributed by atoms with Crippen molar-refractivity contribution < 1.29 is 17.2 Å². The molecule has 0 aromatic heterocycles. The molecule has 0 fully saturated rings. The zero-order chi connectivity index (χ0) is 8.58. The monoisotopic (exact) mass is 171 g/mol. The Labute approximate surface area is 59.2 Å². The SMILES string of the molecule is [CH2]S(=O)(=O)C(F)(F)C(C)C. The van der Waals surface area contributed by atoms with Gasteiger partial charge in [0.25, 0.3) is 0 Å². The van der Waals surface area contributed by atoms with Crippen molar-refractivity contribution >= 4 is 9.84 Å². The molecule has 0 spiro atoms. The van der Waals surface area contributed by atoms with E-state index >= 15 is 0 Å². The summed E-state index contributed by atoms with van der Waals surface area (Å²) in [6.45, 7) is 2.26. The first-order valence-electron chi connectivity index (χ1n) is 2.65. The highest BCUT2D eigenvalue weighted by Gasteiger charge is 2.44. The van der Waals surface area contributed by atoms with E-state index in [1.807, 2.05) is 0 Å². The average Bonchev–Trinajstić information content (AvgIpc) is 1.62. The Morgan fingerprint density at radius 3 is 1.70 bits per heavy atom. The fraction of sp³-hybridized carbons (Fsp3) is 0.800. The first kappa shape index (κ1) is 9.81. The lowest BCUT2D eigenvalue weighted by molar-refractivity contribution is 0.0437. The highest BCUT2D eigenvalue weighted by atomic mass is 32.2. The molecule has 0 bridgehead atoms. The van der Waals surface area contributed by atoms with Crippen LogP contribution in [0, 0.1) is 12.2 Å². The van der Waals surface area contributed by atoms with Gasteiger partial charge in [0.1, 0.15) is 0 Å². The van der Waals surface area contributed by atoms with Gasteiger partial charge in [-0.3, -0.25) is 0 Å². The van der Waals surface area contributed by atoms with E-state index in [9.17, 15) is 17.2 Å². The van der Waals surface area contributed by atoms with Gasteiger partial charge >= 0.3 is 5.25 Å². The molecule has 0 saturated heterocycles. The fourth-order valence-corrected chi connectivity index (χ4v) is 1.08. The summed E-state index contributed by atoms with van der Waals surface area (Å²) in [5, 5.41) is -3.70. The van der Waals surface area contributed by atoms with Gasteiger partial charge in [0, 0.05) is 5.92 Å². The normalized spacial score (nSPS) is 14.2. The van der Waals surface area contributed by atoms with Gasteiger partial charge in [0.05, 0.1) is 6.26 Å². The van der Waals surface area contributed by atoms with E-state index in [1.165, 1.54) is 0 Å². The van der Waals surface area contributed by atoms with Crippen molar-refractivity contribution in [3.8, 4) is 0 Å². The van der Waals surface area contributed by atoms with Gasteiger partial charge in [-0.1, -0.05) is 13.8 Å². The maximum absolute atomic E-state index is 12.4. The quantitative estimate of drug-likeness (QED) is 0.630. The smallest absolute Gasteiger partial charge is 0.223 e. The molecule has 0 heterocycles. The van der Waals surface area contributed by atoms with Gasteiger partial charge in [-0.25, -0.2) is 8.42 Å². The molecule has 5 heteroatoms. The van der Waals surface area contributed by atoms with Crippen molar-refractivity contribution in [2.45, 2.75) is 19.1 Å². The minimum absolute atomic E-state index is 1.13. The summed E-state index contributed by atoms with van der Waals surface area (Å²) in [6.07, 6.45) is 2.39. The number of hydrogen-bond acceptors (Lipinski definition) is 2. The maximum Gasteiger partial charge on any atom is 0.347 e. The Hall–Kier alpha value is -0.190. The van der Waals surface area contributed by atoms with Crippen LogP contribution in [0.2, 0.25) is 0 Å². The third-order valence-corrected chi connectivity index (χ3v) is 2.39. The molecule has 2 nitrogen and oxygen atoms in total. The van der Waals surface area contributed by atoms with Crippen LogP contribution in [-0.2, 0) is 9.84 Å². The Bertz CT molecular complexity index is 206. The fourth-order valence-electron chi connectivity index (χ4n) is 0.359. The molecule has 0 rings (SSSR count). The van der Waals surface area contributed by atoms with Crippen molar-refractivity contribution in [3.05, 3.63) is 6.26 Å². The molecule has 0 amide bonds. The molecule has 0 aromatic carbocycles. The lowest BCUT2D eigenvalue weighted by Gasteiger charge is -2.17. The largest absolute Gasteiger partial charge is 0.347 e. The Morgan fingerprint density at radius 1 is 1.40 bits per heavy atom. The molecule has 0 atom stereocenters. The molecule has 0 aromatic rings. The lowest BCUT2D eigenvalue weighted by Crippen LogP contribution is -2.32. The Balaban J connectivity index is 4.76. The predicted molar refractivity (Wildman–Crippen MR) is 34.1 cm³/mol. The van der Waals surface area contributed by atoms with Crippen LogP contribution in [-0.4, -0.2) is 13.7 Å².